The van der Waals surface area contributed by atoms with Crippen molar-refractivity contribution in [2.75, 3.05) is 0 Å². The fraction of sp³-hybridized carbons (Fsp3) is 0.200. The van der Waals surface area contributed by atoms with Gasteiger partial charge in [0.25, 0.3) is 0 Å². The van der Waals surface area contributed by atoms with Crippen molar-refractivity contribution < 1.29 is 0 Å². The van der Waals surface area contributed by atoms with Gasteiger partial charge in [-0.2, -0.15) is 0 Å². The second-order valence-corrected chi connectivity index (χ2v) is 1.51. The molecule has 3 radical (unpaired) electrons. The predicted molar refractivity (Wildman–Crippen MR) is 29.7 cm³/mol. The van der Waals surface area contributed by atoms with Crippen molar-refractivity contribution in [2.24, 2.45) is 0 Å². The third kappa shape index (κ3) is 3.70. The largest absolute Gasteiger partial charge is 0.102 e. The number of rotatable bonds is 1. The summed E-state index contributed by atoms with van der Waals surface area (Å²) in [5, 5.41) is 0. The Hall–Kier alpha value is -0.303. The minimum atomic E-state index is 1.06. The van der Waals surface area contributed by atoms with Gasteiger partial charge in [0.2, 0.25) is 0 Å². The normalized spacial score (nSPS) is 9.67. The molecule has 0 bridgehead atoms. The van der Waals surface area contributed by atoms with E-state index in [0.29, 0.717) is 0 Å². The highest BCUT2D eigenvalue weighted by Gasteiger charge is 1.63. The third-order valence-corrected chi connectivity index (χ3v) is 0.535. The molecule has 0 aromatic carbocycles. The molecule has 6 heavy (non-hydrogen) atoms. The fourth-order valence-corrected chi connectivity index (χ4v) is 0.427. The summed E-state index contributed by atoms with van der Waals surface area (Å²) in [7, 11) is 3.15. The van der Waals surface area contributed by atoms with Crippen LogP contribution in [0.4, 0.5) is 0 Å². The van der Waals surface area contributed by atoms with E-state index in [4.69, 9.17) is 0 Å². The van der Waals surface area contributed by atoms with Gasteiger partial charge in [0.05, 0.1) is 10.2 Å². The first-order valence-corrected chi connectivity index (χ1v) is 2.34. The highest BCUT2D eigenvalue weighted by Crippen LogP contribution is 1.83. The lowest BCUT2D eigenvalue weighted by molar-refractivity contribution is 1.57. The van der Waals surface area contributed by atoms with Crippen LogP contribution in [-0.2, 0) is 0 Å². The Morgan fingerprint density at radius 1 is 1.83 bits per heavy atom. The minimum absolute atomic E-state index is 1.06. The van der Waals surface area contributed by atoms with Gasteiger partial charge in [0.15, 0.2) is 0 Å². The molecule has 0 saturated carbocycles. The third-order valence-electron chi connectivity index (χ3n) is 0.368. The molecule has 0 atom stereocenters. The topological polar surface area (TPSA) is 0 Å². The van der Waals surface area contributed by atoms with Gasteiger partial charge >= 0.3 is 0 Å². The molecule has 0 saturated heterocycles. The van der Waals surface area contributed by atoms with Crippen molar-refractivity contribution in [3.05, 3.63) is 23.9 Å². The zero-order valence-corrected chi connectivity index (χ0v) is 4.86. The molecule has 0 unspecified atom stereocenters. The Balaban J connectivity index is 3.30. The molecule has 1 heteroatoms. The van der Waals surface area contributed by atoms with Gasteiger partial charge < -0.3 is 0 Å². The van der Waals surface area contributed by atoms with Crippen LogP contribution in [-0.4, -0.2) is 10.2 Å². The molecule has 0 rings (SSSR count). The Morgan fingerprint density at radius 2 is 2.33 bits per heavy atom. The van der Waals surface area contributed by atoms with Gasteiger partial charge in [0, 0.05) is 0 Å². The van der Waals surface area contributed by atoms with Crippen molar-refractivity contribution in [3.63, 3.8) is 0 Å². The molecule has 0 aromatic rings. The summed E-state index contributed by atoms with van der Waals surface area (Å²) in [5.41, 5.74) is 2.84. The quantitative estimate of drug-likeness (QED) is 0.339. The van der Waals surface area contributed by atoms with E-state index in [-0.39, 0.29) is 0 Å². The van der Waals surface area contributed by atoms with E-state index in [0.717, 1.165) is 5.57 Å². The molecule has 0 aliphatic heterocycles. The SMILES string of the molecule is C=C(C)/C=C/[Si]. The Kier molecular flexibility index (Phi) is 2.76. The maximum Gasteiger partial charge on any atom is 0.0600 e. The summed E-state index contributed by atoms with van der Waals surface area (Å²) in [4.78, 5) is 0. The molecular formula is C5H7Si. The average Bonchev–Trinajstić information content (AvgIpc) is 1.35. The van der Waals surface area contributed by atoms with E-state index in [2.05, 4.69) is 16.8 Å². The van der Waals surface area contributed by atoms with Gasteiger partial charge in [-0.3, -0.25) is 0 Å². The lowest BCUT2D eigenvalue weighted by Gasteiger charge is -1.75. The van der Waals surface area contributed by atoms with Crippen LogP contribution in [0.2, 0.25) is 0 Å². The van der Waals surface area contributed by atoms with Crippen molar-refractivity contribution in [2.45, 2.75) is 6.92 Å². The van der Waals surface area contributed by atoms with Gasteiger partial charge in [-0.15, -0.1) is 5.70 Å². The molecular weight excluding hydrogens is 88.1 g/mol. The van der Waals surface area contributed by atoms with Crippen LogP contribution >= 0.6 is 0 Å². The molecule has 0 fully saturated rings. The Bertz CT molecular complexity index is 72.0. The molecule has 0 N–H and O–H groups in total. The van der Waals surface area contributed by atoms with Gasteiger partial charge in [-0.25, -0.2) is 0 Å². The summed E-state index contributed by atoms with van der Waals surface area (Å²) in [5.74, 6) is 0. The van der Waals surface area contributed by atoms with Gasteiger partial charge in [0.1, 0.15) is 0 Å². The fourth-order valence-electron chi connectivity index (χ4n) is 0.142. The Labute approximate surface area is 42.0 Å². The molecule has 0 heterocycles. The monoisotopic (exact) mass is 95.0 g/mol. The van der Waals surface area contributed by atoms with Gasteiger partial charge in [-0.05, 0) is 6.92 Å². The van der Waals surface area contributed by atoms with Crippen LogP contribution in [0.5, 0.6) is 0 Å². The lowest BCUT2D eigenvalue weighted by Crippen LogP contribution is -1.57. The van der Waals surface area contributed by atoms with Crippen molar-refractivity contribution in [1.82, 2.24) is 0 Å². The second-order valence-electron chi connectivity index (χ2n) is 1.18. The second kappa shape index (κ2) is 2.91. The lowest BCUT2D eigenvalue weighted by atomic mass is 10.4. The molecule has 0 aliphatic carbocycles. The molecule has 0 aromatic heterocycles. The first-order valence-electron chi connectivity index (χ1n) is 1.76. The maximum absolute atomic E-state index is 3.63. The highest BCUT2D eigenvalue weighted by atomic mass is 28.1. The van der Waals surface area contributed by atoms with E-state index in [1.807, 2.05) is 13.0 Å². The van der Waals surface area contributed by atoms with Crippen LogP contribution in [0.15, 0.2) is 23.9 Å². The zero-order chi connectivity index (χ0) is 4.99. The standard InChI is InChI=1S/C5H7Si/c1-5(2)3-4-6/h3-4H,1H2,2H3/b4-3+. The maximum atomic E-state index is 3.63. The highest BCUT2D eigenvalue weighted by molar-refractivity contribution is 6.17. The number of hydrogen-bond acceptors (Lipinski definition) is 0. The van der Waals surface area contributed by atoms with E-state index in [9.17, 15) is 0 Å². The van der Waals surface area contributed by atoms with Gasteiger partial charge in [-0.1, -0.05) is 18.2 Å². The summed E-state index contributed by atoms with van der Waals surface area (Å²) in [6, 6.07) is 0. The summed E-state index contributed by atoms with van der Waals surface area (Å²) < 4.78 is 0. The summed E-state index contributed by atoms with van der Waals surface area (Å²) in [6.45, 7) is 5.57. The van der Waals surface area contributed by atoms with E-state index in [1.54, 1.807) is 5.70 Å². The van der Waals surface area contributed by atoms with E-state index < -0.39 is 0 Å². The Morgan fingerprint density at radius 3 is 2.33 bits per heavy atom. The van der Waals surface area contributed by atoms with Crippen molar-refractivity contribution in [3.8, 4) is 0 Å². The zero-order valence-electron chi connectivity index (χ0n) is 3.86. The number of hydrogen-bond donors (Lipinski definition) is 0. The number of allylic oxidation sites excluding steroid dienone is 2. The first-order chi connectivity index (χ1) is 2.77. The first kappa shape index (κ1) is 5.70. The van der Waals surface area contributed by atoms with Crippen LogP contribution in [0, 0.1) is 0 Å². The van der Waals surface area contributed by atoms with Crippen molar-refractivity contribution in [1.29, 1.82) is 0 Å². The van der Waals surface area contributed by atoms with Crippen LogP contribution in [0.3, 0.4) is 0 Å². The average molecular weight is 95.2 g/mol. The smallest absolute Gasteiger partial charge is 0.0600 e. The van der Waals surface area contributed by atoms with E-state index >= 15 is 0 Å². The molecule has 0 amide bonds. The summed E-state index contributed by atoms with van der Waals surface area (Å²) >= 11 is 0. The minimum Gasteiger partial charge on any atom is -0.102 e. The molecule has 31 valence electrons. The predicted octanol–water partition coefficient (Wildman–Crippen LogP) is 1.24. The molecule has 0 nitrogen and oxygen atoms in total. The summed E-state index contributed by atoms with van der Waals surface area (Å²) in [6.07, 6.45) is 1.89. The van der Waals surface area contributed by atoms with Crippen LogP contribution in [0.25, 0.3) is 0 Å². The van der Waals surface area contributed by atoms with Crippen molar-refractivity contribution >= 4 is 10.2 Å². The van der Waals surface area contributed by atoms with Crippen LogP contribution < -0.4 is 0 Å². The molecule has 0 aliphatic rings. The van der Waals surface area contributed by atoms with Crippen LogP contribution in [0.1, 0.15) is 6.92 Å². The molecule has 0 spiro atoms. The van der Waals surface area contributed by atoms with E-state index in [1.165, 1.54) is 0 Å².